The molecule has 2 aliphatic carbocycles. The molecule has 0 aromatic carbocycles. The third kappa shape index (κ3) is 3.40. The lowest BCUT2D eigenvalue weighted by molar-refractivity contribution is 0.109. The minimum atomic E-state index is 0.515. The third-order valence-corrected chi connectivity index (χ3v) is 6.04. The van der Waals surface area contributed by atoms with E-state index >= 15 is 0 Å². The van der Waals surface area contributed by atoms with Crippen LogP contribution in [-0.2, 0) is 0 Å². The van der Waals surface area contributed by atoms with Crippen molar-refractivity contribution < 1.29 is 0 Å². The van der Waals surface area contributed by atoms with Crippen LogP contribution in [0.25, 0.3) is 0 Å². The van der Waals surface area contributed by atoms with Crippen LogP contribution in [0.2, 0.25) is 0 Å². The van der Waals surface area contributed by atoms with Crippen LogP contribution in [-0.4, -0.2) is 5.88 Å². The fourth-order valence-electron chi connectivity index (χ4n) is 4.31. The number of halogens is 1. The highest BCUT2D eigenvalue weighted by Gasteiger charge is 2.36. The van der Waals surface area contributed by atoms with E-state index in [1.165, 1.54) is 70.6 Å². The molecule has 2 aliphatic rings. The van der Waals surface area contributed by atoms with Crippen LogP contribution in [0.1, 0.15) is 77.6 Å². The SMILES string of the molecule is CCC[C@]1(CCl)CC[C@@H](C2CCCCC2)CC1. The van der Waals surface area contributed by atoms with Crippen LogP contribution in [0.3, 0.4) is 0 Å². The summed E-state index contributed by atoms with van der Waals surface area (Å²) in [7, 11) is 0. The van der Waals surface area contributed by atoms with E-state index in [0.29, 0.717) is 5.41 Å². The molecular weight excluding hydrogens is 228 g/mol. The highest BCUT2D eigenvalue weighted by molar-refractivity contribution is 6.18. The first-order chi connectivity index (χ1) is 8.29. The molecule has 2 fully saturated rings. The molecule has 17 heavy (non-hydrogen) atoms. The number of alkyl halides is 1. The summed E-state index contributed by atoms with van der Waals surface area (Å²) < 4.78 is 0. The first-order valence-electron chi connectivity index (χ1n) is 7.85. The van der Waals surface area contributed by atoms with Crippen LogP contribution in [0.5, 0.6) is 0 Å². The van der Waals surface area contributed by atoms with Crippen molar-refractivity contribution in [3.63, 3.8) is 0 Å². The molecule has 0 spiro atoms. The van der Waals surface area contributed by atoms with E-state index in [0.717, 1.165) is 17.7 Å². The molecule has 0 nitrogen and oxygen atoms in total. The summed E-state index contributed by atoms with van der Waals surface area (Å²) in [5.74, 6) is 3.01. The predicted molar refractivity (Wildman–Crippen MR) is 76.6 cm³/mol. The van der Waals surface area contributed by atoms with E-state index in [9.17, 15) is 0 Å². The highest BCUT2D eigenvalue weighted by atomic mass is 35.5. The first-order valence-corrected chi connectivity index (χ1v) is 8.39. The Bertz CT molecular complexity index is 210. The molecule has 100 valence electrons. The van der Waals surface area contributed by atoms with Gasteiger partial charge in [-0.25, -0.2) is 0 Å². The minimum absolute atomic E-state index is 0.515. The lowest BCUT2D eigenvalue weighted by Gasteiger charge is -2.42. The molecule has 0 bridgehead atoms. The van der Waals surface area contributed by atoms with Crippen LogP contribution in [0.15, 0.2) is 0 Å². The van der Waals surface area contributed by atoms with Gasteiger partial charge >= 0.3 is 0 Å². The van der Waals surface area contributed by atoms with E-state index in [1.54, 1.807) is 0 Å². The summed E-state index contributed by atoms with van der Waals surface area (Å²) in [5.41, 5.74) is 0.515. The third-order valence-electron chi connectivity index (χ3n) is 5.47. The topological polar surface area (TPSA) is 0 Å². The zero-order valence-electron chi connectivity index (χ0n) is 11.5. The minimum Gasteiger partial charge on any atom is -0.126 e. The van der Waals surface area contributed by atoms with Gasteiger partial charge < -0.3 is 0 Å². The van der Waals surface area contributed by atoms with Gasteiger partial charge in [0.1, 0.15) is 0 Å². The first kappa shape index (κ1) is 13.7. The van der Waals surface area contributed by atoms with Gasteiger partial charge in [0.2, 0.25) is 0 Å². The molecule has 0 heterocycles. The van der Waals surface area contributed by atoms with Gasteiger partial charge in [-0.2, -0.15) is 0 Å². The highest BCUT2D eigenvalue weighted by Crippen LogP contribution is 2.47. The van der Waals surface area contributed by atoms with Crippen molar-refractivity contribution in [2.45, 2.75) is 77.6 Å². The second-order valence-corrected chi connectivity index (χ2v) is 6.89. The average Bonchev–Trinajstić information content (AvgIpc) is 2.41. The molecule has 0 aromatic rings. The van der Waals surface area contributed by atoms with E-state index in [4.69, 9.17) is 11.6 Å². The Morgan fingerprint density at radius 3 is 2.06 bits per heavy atom. The van der Waals surface area contributed by atoms with Crippen molar-refractivity contribution in [3.05, 3.63) is 0 Å². The fraction of sp³-hybridized carbons (Fsp3) is 1.00. The molecule has 0 N–H and O–H groups in total. The fourth-order valence-corrected chi connectivity index (χ4v) is 4.71. The van der Waals surface area contributed by atoms with Gasteiger partial charge in [-0.15, -0.1) is 11.6 Å². The molecule has 2 saturated carbocycles. The van der Waals surface area contributed by atoms with E-state index in [1.807, 2.05) is 0 Å². The molecular formula is C16H29Cl. The van der Waals surface area contributed by atoms with Crippen molar-refractivity contribution in [1.82, 2.24) is 0 Å². The maximum absolute atomic E-state index is 6.25. The number of hydrogen-bond acceptors (Lipinski definition) is 0. The standard InChI is InChI=1S/C16H29Cl/c1-2-10-16(13-17)11-8-15(9-12-16)14-6-4-3-5-7-14/h14-15H,2-13H2,1H3/t15-,16+. The van der Waals surface area contributed by atoms with Gasteiger partial charge in [0.05, 0.1) is 0 Å². The normalized spacial score (nSPS) is 36.0. The average molecular weight is 257 g/mol. The van der Waals surface area contributed by atoms with Crippen LogP contribution < -0.4 is 0 Å². The summed E-state index contributed by atoms with van der Waals surface area (Å²) in [6.07, 6.45) is 15.9. The van der Waals surface area contributed by atoms with E-state index < -0.39 is 0 Å². The second kappa shape index (κ2) is 6.45. The molecule has 2 rings (SSSR count). The van der Waals surface area contributed by atoms with E-state index in [2.05, 4.69) is 6.92 Å². The number of rotatable bonds is 4. The monoisotopic (exact) mass is 256 g/mol. The van der Waals surface area contributed by atoms with Gasteiger partial charge in [-0.05, 0) is 49.4 Å². The zero-order chi connectivity index (χ0) is 12.1. The lowest BCUT2D eigenvalue weighted by atomic mass is 9.64. The summed E-state index contributed by atoms with van der Waals surface area (Å²) in [6.45, 7) is 2.31. The Balaban J connectivity index is 1.83. The molecule has 0 aromatic heterocycles. The Morgan fingerprint density at radius 2 is 1.53 bits per heavy atom. The number of hydrogen-bond donors (Lipinski definition) is 0. The van der Waals surface area contributed by atoms with Crippen molar-refractivity contribution in [1.29, 1.82) is 0 Å². The summed E-state index contributed by atoms with van der Waals surface area (Å²) in [5, 5.41) is 0. The molecule has 0 atom stereocenters. The quantitative estimate of drug-likeness (QED) is 0.559. The van der Waals surface area contributed by atoms with Crippen molar-refractivity contribution in [2.75, 3.05) is 5.88 Å². The molecule has 0 amide bonds. The van der Waals surface area contributed by atoms with Crippen molar-refractivity contribution >= 4 is 11.6 Å². The zero-order valence-corrected chi connectivity index (χ0v) is 12.3. The lowest BCUT2D eigenvalue weighted by Crippen LogP contribution is -2.32. The smallest absolute Gasteiger partial charge is 0.0280 e. The van der Waals surface area contributed by atoms with Gasteiger partial charge in [0.15, 0.2) is 0 Å². The van der Waals surface area contributed by atoms with Crippen LogP contribution >= 0.6 is 11.6 Å². The van der Waals surface area contributed by atoms with Gasteiger partial charge in [-0.1, -0.05) is 45.4 Å². The summed E-state index contributed by atoms with van der Waals surface area (Å²) in [4.78, 5) is 0. The predicted octanol–water partition coefficient (Wildman–Crippen LogP) is 5.78. The molecule has 0 aliphatic heterocycles. The Hall–Kier alpha value is 0.290. The molecule has 1 heteroatoms. The molecule has 0 radical (unpaired) electrons. The van der Waals surface area contributed by atoms with Gasteiger partial charge in [0.25, 0.3) is 0 Å². The molecule has 0 unspecified atom stereocenters. The summed E-state index contributed by atoms with van der Waals surface area (Å²) >= 11 is 6.25. The Kier molecular flexibility index (Phi) is 5.21. The summed E-state index contributed by atoms with van der Waals surface area (Å²) in [6, 6.07) is 0. The maximum atomic E-state index is 6.25. The second-order valence-electron chi connectivity index (χ2n) is 6.62. The molecule has 0 saturated heterocycles. The van der Waals surface area contributed by atoms with Gasteiger partial charge in [-0.3, -0.25) is 0 Å². The van der Waals surface area contributed by atoms with E-state index in [-0.39, 0.29) is 0 Å². The van der Waals surface area contributed by atoms with Gasteiger partial charge in [0, 0.05) is 5.88 Å². The Morgan fingerprint density at radius 1 is 0.941 bits per heavy atom. The largest absolute Gasteiger partial charge is 0.126 e. The Labute approximate surface area is 113 Å². The maximum Gasteiger partial charge on any atom is 0.0280 e. The van der Waals surface area contributed by atoms with Crippen LogP contribution in [0, 0.1) is 17.3 Å². The van der Waals surface area contributed by atoms with Crippen molar-refractivity contribution in [2.24, 2.45) is 17.3 Å². The van der Waals surface area contributed by atoms with Crippen molar-refractivity contribution in [3.8, 4) is 0 Å². The van der Waals surface area contributed by atoms with Crippen LogP contribution in [0.4, 0.5) is 0 Å².